The smallest absolute Gasteiger partial charge is 0.388 e. The van der Waals surface area contributed by atoms with Crippen LogP contribution in [-0.2, 0) is 15.7 Å². The van der Waals surface area contributed by atoms with Gasteiger partial charge in [-0.15, -0.1) is 0 Å². The van der Waals surface area contributed by atoms with E-state index < -0.39 is 49.9 Å². The molecule has 0 aromatic carbocycles. The molecule has 0 unspecified atom stereocenters. The molecule has 4 N–H and O–H groups in total. The minimum Gasteiger partial charge on any atom is -0.415 e. The molecule has 0 aliphatic carbocycles. The average molecular weight is 500 g/mol. The van der Waals surface area contributed by atoms with Crippen LogP contribution in [0.15, 0.2) is 29.5 Å². The number of amides is 1. The summed E-state index contributed by atoms with van der Waals surface area (Å²) >= 11 is 0. The highest BCUT2D eigenvalue weighted by Gasteiger charge is 2.59. The summed E-state index contributed by atoms with van der Waals surface area (Å²) in [5.41, 5.74) is 4.55. The van der Waals surface area contributed by atoms with E-state index in [1.807, 2.05) is 0 Å². The number of fused-ring (bicyclic) bond motifs is 1. The third kappa shape index (κ3) is 3.79. The van der Waals surface area contributed by atoms with Crippen molar-refractivity contribution in [1.82, 2.24) is 19.7 Å². The molecule has 4 heterocycles. The van der Waals surface area contributed by atoms with Crippen molar-refractivity contribution in [3.8, 4) is 5.88 Å². The first kappa shape index (κ1) is 24.0. The molecule has 2 aromatic rings. The van der Waals surface area contributed by atoms with Crippen LogP contribution in [0.2, 0.25) is 0 Å². The van der Waals surface area contributed by atoms with Gasteiger partial charge in [0.2, 0.25) is 5.88 Å². The fraction of sp³-hybridized carbons (Fsp3) is 0.450. The molecular formula is C20H24F3N7O3S. The number of amidine groups is 1. The first-order chi connectivity index (χ1) is 15.9. The predicted molar refractivity (Wildman–Crippen MR) is 120 cm³/mol. The van der Waals surface area contributed by atoms with Crippen molar-refractivity contribution in [2.24, 2.45) is 10.7 Å². The molecule has 0 spiro atoms. The van der Waals surface area contributed by atoms with Crippen molar-refractivity contribution < 1.29 is 26.9 Å². The van der Waals surface area contributed by atoms with E-state index in [1.165, 1.54) is 6.07 Å². The summed E-state index contributed by atoms with van der Waals surface area (Å²) in [5, 5.41) is 1.91. The minimum atomic E-state index is -3.13. The number of hydrogen-bond acceptors (Lipinski definition) is 8. The van der Waals surface area contributed by atoms with E-state index >= 15 is 4.39 Å². The van der Waals surface area contributed by atoms with Gasteiger partial charge in [-0.2, -0.15) is 8.78 Å². The minimum absolute atomic E-state index is 0.0169. The first-order valence-electron chi connectivity index (χ1n) is 10.3. The molecule has 184 valence electrons. The lowest BCUT2D eigenvalue weighted by Crippen LogP contribution is -2.64. The molecule has 14 heteroatoms. The zero-order valence-corrected chi connectivity index (χ0v) is 19.4. The van der Waals surface area contributed by atoms with Crippen LogP contribution in [0.25, 0.3) is 0 Å². The molecule has 2 aromatic heterocycles. The number of hydrogen-bond donors (Lipinski definition) is 4. The Balaban J connectivity index is 1.66. The number of ether oxygens (including phenoxy) is 1. The summed E-state index contributed by atoms with van der Waals surface area (Å²) in [6.45, 7) is 2.51. The van der Waals surface area contributed by atoms with E-state index in [9.17, 15) is 17.8 Å². The van der Waals surface area contributed by atoms with Gasteiger partial charge in [0.15, 0.2) is 0 Å². The number of pyridine rings is 1. The van der Waals surface area contributed by atoms with Gasteiger partial charge in [0, 0.05) is 6.54 Å². The van der Waals surface area contributed by atoms with Crippen LogP contribution in [0, 0.1) is 5.82 Å². The molecule has 1 amide bonds. The van der Waals surface area contributed by atoms with Crippen LogP contribution in [0.4, 0.5) is 19.0 Å². The molecule has 34 heavy (non-hydrogen) atoms. The van der Waals surface area contributed by atoms with Crippen molar-refractivity contribution in [1.29, 1.82) is 0 Å². The molecule has 0 bridgehead atoms. The fourth-order valence-corrected chi connectivity index (χ4v) is 7.98. The molecule has 1 fully saturated rings. The zero-order chi connectivity index (χ0) is 24.9. The second-order valence-corrected chi connectivity index (χ2v) is 12.0. The number of anilines is 1. The monoisotopic (exact) mass is 499 g/mol. The van der Waals surface area contributed by atoms with Gasteiger partial charge in [0.25, 0.3) is 5.91 Å². The van der Waals surface area contributed by atoms with Crippen molar-refractivity contribution in [2.45, 2.75) is 49.3 Å². The number of carbonyl (C=O) groups is 1. The highest BCUT2D eigenvalue weighted by Crippen LogP contribution is 2.48. The summed E-state index contributed by atoms with van der Waals surface area (Å²) in [6.07, 6.45) is 2.30. The van der Waals surface area contributed by atoms with Crippen molar-refractivity contribution in [2.75, 3.05) is 11.9 Å². The number of rotatable bonds is 5. The summed E-state index contributed by atoms with van der Waals surface area (Å²) in [5.74, 6) is -1.79. The van der Waals surface area contributed by atoms with Crippen LogP contribution in [0.5, 0.6) is 5.88 Å². The Kier molecular flexibility index (Phi) is 5.84. The quantitative estimate of drug-likeness (QED) is 0.457. The number of aromatic nitrogens is 3. The highest BCUT2D eigenvalue weighted by molar-refractivity contribution is 8.04. The van der Waals surface area contributed by atoms with Gasteiger partial charge < -0.3 is 15.8 Å². The Morgan fingerprint density at radius 3 is 2.68 bits per heavy atom. The summed E-state index contributed by atoms with van der Waals surface area (Å²) < 4.78 is 59.7. The lowest BCUT2D eigenvalue weighted by Gasteiger charge is -2.50. The van der Waals surface area contributed by atoms with Crippen molar-refractivity contribution in [3.05, 3.63) is 41.7 Å². The van der Waals surface area contributed by atoms with Gasteiger partial charge in [-0.25, -0.2) is 19.3 Å². The molecule has 4 rings (SSSR count). The van der Waals surface area contributed by atoms with Crippen LogP contribution in [-0.4, -0.2) is 54.1 Å². The predicted octanol–water partition coefficient (Wildman–Crippen LogP) is 1.52. The third-order valence-corrected chi connectivity index (χ3v) is 10.5. The molecule has 0 saturated carbocycles. The summed E-state index contributed by atoms with van der Waals surface area (Å²) in [4.78, 5) is 28.7. The van der Waals surface area contributed by atoms with Gasteiger partial charge in [-0.3, -0.25) is 18.7 Å². The van der Waals surface area contributed by atoms with E-state index in [0.717, 1.165) is 18.5 Å². The number of alkyl halides is 2. The number of nitrogens with one attached hydrogen (secondary N) is 2. The number of aliphatic imine (C=N–C) groups is 1. The lowest BCUT2D eigenvalue weighted by atomic mass is 9.90. The summed E-state index contributed by atoms with van der Waals surface area (Å²) in [6, 6.07) is 2.36. The molecular weight excluding hydrogens is 475 g/mol. The van der Waals surface area contributed by atoms with Crippen molar-refractivity contribution >= 4 is 27.7 Å². The molecule has 1 saturated heterocycles. The number of thiol groups is 1. The van der Waals surface area contributed by atoms with E-state index in [2.05, 4.69) is 34.7 Å². The van der Waals surface area contributed by atoms with Crippen molar-refractivity contribution in [3.63, 3.8) is 0 Å². The van der Waals surface area contributed by atoms with Crippen LogP contribution >= 0.6 is 0 Å². The zero-order valence-electron chi connectivity index (χ0n) is 18.6. The SMILES string of the molecule is CC1(C)C(N)=N[C@](C)(c2nc(NC(=O)c3cnc(OC(F)F)cn3)ccc2F)[C@@H]2CCN[SH]21=O. The lowest BCUT2D eigenvalue weighted by molar-refractivity contribution is -0.0531. The largest absolute Gasteiger partial charge is 0.415 e. The highest BCUT2D eigenvalue weighted by atomic mass is 32.3. The Hall–Kier alpha value is -3.13. The summed E-state index contributed by atoms with van der Waals surface area (Å²) in [7, 11) is -3.13. The maximum absolute atomic E-state index is 15.0. The van der Waals surface area contributed by atoms with Gasteiger partial charge in [-0.05, 0) is 49.4 Å². The maximum atomic E-state index is 15.0. The third-order valence-electron chi connectivity index (χ3n) is 6.30. The van der Waals surface area contributed by atoms with Crippen LogP contribution < -0.4 is 20.5 Å². The standard InChI is InChI=1S/C20H24F3N7O3S/c1-19(2)17(24)30-20(3,12-6-7-27-34(12,19)32)15-10(21)4-5-13(28-15)29-16(31)11-8-26-14(9-25-11)33-18(22)23/h4-5,8-9,12,18,34H,6-7H2,1-3H3,(H2,24,30)(H,27,32)(H,28,29,31)/t12-,20-/m0/s1. The van der Waals surface area contributed by atoms with E-state index in [1.54, 1.807) is 20.8 Å². The van der Waals surface area contributed by atoms with E-state index in [-0.39, 0.29) is 23.0 Å². The van der Waals surface area contributed by atoms with Gasteiger partial charge in [0.1, 0.15) is 34.4 Å². The molecule has 2 aliphatic rings. The van der Waals surface area contributed by atoms with Crippen LogP contribution in [0.1, 0.15) is 43.4 Å². The van der Waals surface area contributed by atoms with Gasteiger partial charge >= 0.3 is 6.61 Å². The molecule has 10 nitrogen and oxygen atoms in total. The number of halogens is 3. The number of nitrogens with zero attached hydrogens (tertiary/aromatic N) is 4. The topological polar surface area (TPSA) is 144 Å². The molecule has 2 atom stereocenters. The van der Waals surface area contributed by atoms with Gasteiger partial charge in [-0.1, -0.05) is 0 Å². The Labute approximate surface area is 194 Å². The Bertz CT molecular complexity index is 1210. The van der Waals surface area contributed by atoms with E-state index in [4.69, 9.17) is 5.73 Å². The maximum Gasteiger partial charge on any atom is 0.388 e. The fourth-order valence-electron chi connectivity index (χ4n) is 4.36. The number of nitrogens with two attached hydrogens (primary N) is 1. The average Bonchev–Trinajstić information content (AvgIpc) is 3.18. The Morgan fingerprint density at radius 1 is 1.29 bits per heavy atom. The molecule has 2 aliphatic heterocycles. The first-order valence-corrected chi connectivity index (χ1v) is 12.1. The second kappa shape index (κ2) is 8.27. The Morgan fingerprint density at radius 2 is 2.03 bits per heavy atom. The van der Waals surface area contributed by atoms with Gasteiger partial charge in [0.05, 0.1) is 22.4 Å². The van der Waals surface area contributed by atoms with E-state index in [0.29, 0.717) is 13.0 Å². The second-order valence-electron chi connectivity index (χ2n) is 8.67. The van der Waals surface area contributed by atoms with Crippen LogP contribution in [0.3, 0.4) is 0 Å². The normalized spacial score (nSPS) is 25.9. The molecule has 0 radical (unpaired) electrons. The number of carbonyl (C=O) groups excluding carboxylic acids is 1.